The Morgan fingerprint density at radius 3 is 2.41 bits per heavy atom. The summed E-state index contributed by atoms with van der Waals surface area (Å²) in [4.78, 5) is 24.9. The summed E-state index contributed by atoms with van der Waals surface area (Å²) in [5, 5.41) is 13.3. The van der Waals surface area contributed by atoms with Gasteiger partial charge in [0, 0.05) is 19.2 Å². The molecule has 22 heavy (non-hydrogen) atoms. The van der Waals surface area contributed by atoms with Crippen LogP contribution in [0, 0.1) is 0 Å². The Hall–Kier alpha value is -2.67. The summed E-state index contributed by atoms with van der Waals surface area (Å²) in [6.45, 7) is 2.72. The lowest BCUT2D eigenvalue weighted by Gasteiger charge is -2.27. The summed E-state index contributed by atoms with van der Waals surface area (Å²) in [6.07, 6.45) is 0. The van der Waals surface area contributed by atoms with Gasteiger partial charge in [-0.05, 0) is 30.3 Å². The number of hydrogen-bond donors (Lipinski definition) is 1. The van der Waals surface area contributed by atoms with Crippen molar-refractivity contribution in [2.45, 2.75) is 0 Å². The van der Waals surface area contributed by atoms with E-state index in [-0.39, 0.29) is 11.1 Å². The Balaban J connectivity index is 1.95. The number of hydrogen-bond acceptors (Lipinski definition) is 5. The molecule has 2 heterocycles. The highest BCUT2D eigenvalue weighted by molar-refractivity contribution is 5.87. The molecular weight excluding hydrogens is 286 g/mol. The van der Waals surface area contributed by atoms with Crippen molar-refractivity contribution in [3.8, 4) is 5.69 Å². The van der Waals surface area contributed by atoms with E-state index in [1.165, 1.54) is 22.9 Å². The first kappa shape index (κ1) is 14.3. The van der Waals surface area contributed by atoms with Crippen LogP contribution in [0.1, 0.15) is 10.4 Å². The van der Waals surface area contributed by atoms with Crippen molar-refractivity contribution < 1.29 is 14.6 Å². The van der Waals surface area contributed by atoms with E-state index < -0.39 is 5.97 Å². The Morgan fingerprint density at radius 2 is 1.77 bits per heavy atom. The van der Waals surface area contributed by atoms with Crippen molar-refractivity contribution in [2.24, 2.45) is 0 Å². The van der Waals surface area contributed by atoms with Crippen molar-refractivity contribution in [3.05, 3.63) is 52.3 Å². The molecule has 1 aromatic carbocycles. The van der Waals surface area contributed by atoms with Gasteiger partial charge in [-0.3, -0.25) is 4.79 Å². The minimum absolute atomic E-state index is 0.168. The number of carbonyl (C=O) groups is 1. The SMILES string of the molecule is O=C(O)c1ccc(-n2nc(N3CCOCC3)ccc2=O)cc1. The lowest BCUT2D eigenvalue weighted by molar-refractivity contribution is 0.0697. The van der Waals surface area contributed by atoms with Gasteiger partial charge in [0.25, 0.3) is 5.56 Å². The zero-order valence-corrected chi connectivity index (χ0v) is 11.8. The van der Waals surface area contributed by atoms with Gasteiger partial charge >= 0.3 is 5.97 Å². The Labute approximate surface area is 126 Å². The van der Waals surface area contributed by atoms with E-state index >= 15 is 0 Å². The number of nitrogens with zero attached hydrogens (tertiary/aromatic N) is 3. The first-order valence-electron chi connectivity index (χ1n) is 6.92. The maximum absolute atomic E-state index is 12.0. The second-order valence-corrected chi connectivity index (χ2v) is 4.89. The molecule has 2 aromatic rings. The van der Waals surface area contributed by atoms with E-state index in [0.29, 0.717) is 24.7 Å². The molecule has 1 aromatic heterocycles. The number of ether oxygens (including phenoxy) is 1. The number of aromatic carboxylic acids is 1. The minimum Gasteiger partial charge on any atom is -0.478 e. The molecular formula is C15H15N3O4. The van der Waals surface area contributed by atoms with Crippen LogP contribution in [0.15, 0.2) is 41.2 Å². The summed E-state index contributed by atoms with van der Waals surface area (Å²) in [5.41, 5.74) is 0.436. The number of benzene rings is 1. The first-order chi connectivity index (χ1) is 10.6. The zero-order chi connectivity index (χ0) is 15.5. The quantitative estimate of drug-likeness (QED) is 0.901. The lowest BCUT2D eigenvalue weighted by Crippen LogP contribution is -2.38. The summed E-state index contributed by atoms with van der Waals surface area (Å²) < 4.78 is 6.58. The molecule has 0 spiro atoms. The minimum atomic E-state index is -1.01. The van der Waals surface area contributed by atoms with Crippen molar-refractivity contribution in [3.63, 3.8) is 0 Å². The van der Waals surface area contributed by atoms with Crippen LogP contribution in [0.4, 0.5) is 5.82 Å². The van der Waals surface area contributed by atoms with E-state index in [1.807, 2.05) is 4.90 Å². The van der Waals surface area contributed by atoms with E-state index in [2.05, 4.69) is 5.10 Å². The predicted molar refractivity (Wildman–Crippen MR) is 79.8 cm³/mol. The van der Waals surface area contributed by atoms with Crippen LogP contribution < -0.4 is 10.5 Å². The van der Waals surface area contributed by atoms with Crippen molar-refractivity contribution >= 4 is 11.8 Å². The average molecular weight is 301 g/mol. The van der Waals surface area contributed by atoms with Crippen LogP contribution >= 0.6 is 0 Å². The van der Waals surface area contributed by atoms with Crippen LogP contribution in [0.2, 0.25) is 0 Å². The molecule has 1 saturated heterocycles. The van der Waals surface area contributed by atoms with E-state index in [0.717, 1.165) is 13.1 Å². The fourth-order valence-electron chi connectivity index (χ4n) is 2.29. The van der Waals surface area contributed by atoms with Crippen LogP contribution in [0.5, 0.6) is 0 Å². The second kappa shape index (κ2) is 5.98. The number of rotatable bonds is 3. The number of carboxylic acid groups (broad SMARTS) is 1. The van der Waals surface area contributed by atoms with E-state index in [9.17, 15) is 9.59 Å². The highest BCUT2D eigenvalue weighted by Crippen LogP contribution is 2.13. The maximum atomic E-state index is 12.0. The molecule has 7 heteroatoms. The third kappa shape index (κ3) is 2.84. The molecule has 1 aliphatic rings. The molecule has 0 unspecified atom stereocenters. The molecule has 114 valence electrons. The molecule has 0 radical (unpaired) electrons. The van der Waals surface area contributed by atoms with Gasteiger partial charge < -0.3 is 14.7 Å². The van der Waals surface area contributed by atoms with Crippen molar-refractivity contribution in [2.75, 3.05) is 31.2 Å². The van der Waals surface area contributed by atoms with Crippen LogP contribution in [0.25, 0.3) is 5.69 Å². The molecule has 1 fully saturated rings. The molecule has 0 bridgehead atoms. The molecule has 0 amide bonds. The summed E-state index contributed by atoms with van der Waals surface area (Å²) in [7, 11) is 0. The van der Waals surface area contributed by atoms with Crippen LogP contribution in [-0.2, 0) is 4.74 Å². The van der Waals surface area contributed by atoms with Crippen molar-refractivity contribution in [1.82, 2.24) is 9.78 Å². The topological polar surface area (TPSA) is 84.7 Å². The summed E-state index contributed by atoms with van der Waals surface area (Å²) >= 11 is 0. The van der Waals surface area contributed by atoms with Gasteiger partial charge in [0.1, 0.15) is 5.82 Å². The van der Waals surface area contributed by atoms with Crippen molar-refractivity contribution in [1.29, 1.82) is 0 Å². The van der Waals surface area contributed by atoms with Gasteiger partial charge in [-0.25, -0.2) is 4.79 Å². The fraction of sp³-hybridized carbons (Fsp3) is 0.267. The molecule has 7 nitrogen and oxygen atoms in total. The van der Waals surface area contributed by atoms with Gasteiger partial charge in [0.2, 0.25) is 0 Å². The van der Waals surface area contributed by atoms with Crippen LogP contribution in [0.3, 0.4) is 0 Å². The standard InChI is InChI=1S/C15H15N3O4/c19-14-6-5-13(17-7-9-22-10-8-17)16-18(14)12-3-1-11(2-4-12)15(20)21/h1-6H,7-10H2,(H,20,21). The van der Waals surface area contributed by atoms with Gasteiger partial charge in [-0.1, -0.05) is 0 Å². The van der Waals surface area contributed by atoms with Gasteiger partial charge in [-0.15, -0.1) is 5.10 Å². The Morgan fingerprint density at radius 1 is 1.09 bits per heavy atom. The smallest absolute Gasteiger partial charge is 0.335 e. The average Bonchev–Trinajstić information content (AvgIpc) is 2.56. The van der Waals surface area contributed by atoms with Gasteiger partial charge in [0.05, 0.1) is 24.5 Å². The number of aromatic nitrogens is 2. The molecule has 1 aliphatic heterocycles. The first-order valence-corrected chi connectivity index (χ1v) is 6.92. The normalized spacial score (nSPS) is 14.8. The van der Waals surface area contributed by atoms with Crippen LogP contribution in [-0.4, -0.2) is 47.2 Å². The van der Waals surface area contributed by atoms with Gasteiger partial charge in [0.15, 0.2) is 0 Å². The summed E-state index contributed by atoms with van der Waals surface area (Å²) in [6, 6.07) is 9.20. The molecule has 0 aliphatic carbocycles. The highest BCUT2D eigenvalue weighted by Gasteiger charge is 2.14. The third-order valence-electron chi connectivity index (χ3n) is 3.48. The summed E-state index contributed by atoms with van der Waals surface area (Å²) in [5.74, 6) is -0.306. The highest BCUT2D eigenvalue weighted by atomic mass is 16.5. The third-order valence-corrected chi connectivity index (χ3v) is 3.48. The Kier molecular flexibility index (Phi) is 3.88. The van der Waals surface area contributed by atoms with E-state index in [4.69, 9.17) is 9.84 Å². The number of morpholine rings is 1. The lowest BCUT2D eigenvalue weighted by atomic mass is 10.2. The zero-order valence-electron chi connectivity index (χ0n) is 11.8. The number of anilines is 1. The predicted octanol–water partition coefficient (Wildman–Crippen LogP) is 0.767. The number of carboxylic acids is 1. The van der Waals surface area contributed by atoms with Gasteiger partial charge in [-0.2, -0.15) is 4.68 Å². The molecule has 3 rings (SSSR count). The second-order valence-electron chi connectivity index (χ2n) is 4.89. The fourth-order valence-corrected chi connectivity index (χ4v) is 2.29. The van der Waals surface area contributed by atoms with E-state index in [1.54, 1.807) is 18.2 Å². The monoisotopic (exact) mass is 301 g/mol. The molecule has 1 N–H and O–H groups in total. The Bertz CT molecular complexity index is 733. The molecule has 0 atom stereocenters. The maximum Gasteiger partial charge on any atom is 0.335 e. The molecule has 0 saturated carbocycles. The largest absolute Gasteiger partial charge is 0.478 e.